The van der Waals surface area contributed by atoms with E-state index in [1.54, 1.807) is 30.3 Å². The van der Waals surface area contributed by atoms with E-state index in [0.717, 1.165) is 0 Å². The second-order valence-corrected chi connectivity index (χ2v) is 7.06. The van der Waals surface area contributed by atoms with Gasteiger partial charge in [0, 0.05) is 5.69 Å². The summed E-state index contributed by atoms with van der Waals surface area (Å²) < 4.78 is 15.2. The van der Waals surface area contributed by atoms with Gasteiger partial charge in [0.1, 0.15) is 5.37 Å². The number of nitro groups is 1. The van der Waals surface area contributed by atoms with E-state index in [0.29, 0.717) is 28.3 Å². The highest BCUT2D eigenvalue weighted by atomic mass is 32.2. The van der Waals surface area contributed by atoms with E-state index in [1.807, 2.05) is 0 Å². The third kappa shape index (κ3) is 3.01. The summed E-state index contributed by atoms with van der Waals surface area (Å²) in [4.78, 5) is 36.7. The Morgan fingerprint density at radius 1 is 1.25 bits per heavy atom. The fourth-order valence-corrected chi connectivity index (χ4v) is 4.31. The van der Waals surface area contributed by atoms with Crippen LogP contribution in [-0.4, -0.2) is 36.5 Å². The average Bonchev–Trinajstić information content (AvgIpc) is 3.32. The number of fused-ring (bicyclic) bond motifs is 1. The highest BCUT2D eigenvalue weighted by Crippen LogP contribution is 2.48. The number of carbonyl (C=O) groups excluding carboxylic acids is 2. The zero-order valence-corrected chi connectivity index (χ0v) is 15.4. The van der Waals surface area contributed by atoms with Gasteiger partial charge in [0.2, 0.25) is 12.7 Å². The van der Waals surface area contributed by atoms with Crippen molar-refractivity contribution in [2.75, 3.05) is 24.6 Å². The number of amides is 1. The number of esters is 1. The molecular formula is C18H14N2O7S. The Hall–Kier alpha value is -3.27. The molecule has 10 heteroatoms. The second kappa shape index (κ2) is 7.04. The van der Waals surface area contributed by atoms with Gasteiger partial charge >= 0.3 is 5.97 Å². The monoisotopic (exact) mass is 402 g/mol. The molecule has 0 aliphatic carbocycles. The topological polar surface area (TPSA) is 108 Å². The molecule has 0 spiro atoms. The Morgan fingerprint density at radius 3 is 2.57 bits per heavy atom. The van der Waals surface area contributed by atoms with Gasteiger partial charge in [0.15, 0.2) is 11.5 Å². The fourth-order valence-electron chi connectivity index (χ4n) is 3.11. The van der Waals surface area contributed by atoms with Gasteiger partial charge in [-0.1, -0.05) is 0 Å². The second-order valence-electron chi connectivity index (χ2n) is 5.99. The molecule has 0 saturated carbocycles. The molecule has 2 aromatic rings. The molecule has 1 saturated heterocycles. The Kier molecular flexibility index (Phi) is 4.55. The fraction of sp³-hybridized carbons (Fsp3) is 0.222. The maximum Gasteiger partial charge on any atom is 0.337 e. The molecule has 0 N–H and O–H groups in total. The number of benzene rings is 2. The molecular weight excluding hydrogens is 388 g/mol. The van der Waals surface area contributed by atoms with Crippen LogP contribution >= 0.6 is 11.8 Å². The molecule has 0 radical (unpaired) electrons. The highest BCUT2D eigenvalue weighted by Gasteiger charge is 2.39. The predicted molar refractivity (Wildman–Crippen MR) is 99.7 cm³/mol. The highest BCUT2D eigenvalue weighted by molar-refractivity contribution is 8.00. The van der Waals surface area contributed by atoms with Gasteiger partial charge in [0.05, 0.1) is 35.0 Å². The summed E-state index contributed by atoms with van der Waals surface area (Å²) >= 11 is 1.28. The smallest absolute Gasteiger partial charge is 0.337 e. The molecule has 28 heavy (non-hydrogen) atoms. The zero-order chi connectivity index (χ0) is 19.8. The van der Waals surface area contributed by atoms with E-state index in [9.17, 15) is 19.7 Å². The summed E-state index contributed by atoms with van der Waals surface area (Å²) in [6.45, 7) is -0.00855. The number of nitrogens with zero attached hydrogens (tertiary/aromatic N) is 2. The summed E-state index contributed by atoms with van der Waals surface area (Å²) in [5, 5.41) is 11.0. The van der Waals surface area contributed by atoms with Crippen LogP contribution in [0.1, 0.15) is 21.3 Å². The Labute approximate surface area is 163 Å². The molecule has 1 fully saturated rings. The molecule has 4 rings (SSSR count). The minimum atomic E-state index is -0.605. The van der Waals surface area contributed by atoms with E-state index in [1.165, 1.54) is 29.8 Å². The van der Waals surface area contributed by atoms with Crippen LogP contribution in [0.2, 0.25) is 0 Å². The van der Waals surface area contributed by atoms with Gasteiger partial charge in [-0.25, -0.2) is 4.79 Å². The van der Waals surface area contributed by atoms with Crippen LogP contribution in [0.3, 0.4) is 0 Å². The van der Waals surface area contributed by atoms with Gasteiger partial charge in [-0.15, -0.1) is 11.8 Å². The van der Waals surface area contributed by atoms with Crippen LogP contribution in [0.5, 0.6) is 11.5 Å². The van der Waals surface area contributed by atoms with Crippen LogP contribution in [0.25, 0.3) is 0 Å². The van der Waals surface area contributed by atoms with Crippen molar-refractivity contribution < 1.29 is 28.7 Å². The van der Waals surface area contributed by atoms with Crippen molar-refractivity contribution >= 4 is 35.0 Å². The molecule has 2 aliphatic heterocycles. The molecule has 144 valence electrons. The van der Waals surface area contributed by atoms with Gasteiger partial charge in [-0.2, -0.15) is 0 Å². The van der Waals surface area contributed by atoms with Gasteiger partial charge in [0.25, 0.3) is 5.69 Å². The van der Waals surface area contributed by atoms with Crippen LogP contribution in [0.4, 0.5) is 11.4 Å². The summed E-state index contributed by atoms with van der Waals surface area (Å²) in [7, 11) is 1.28. The summed E-state index contributed by atoms with van der Waals surface area (Å²) in [6.07, 6.45) is 0. The first kappa shape index (κ1) is 18.1. The van der Waals surface area contributed by atoms with Crippen LogP contribution < -0.4 is 14.4 Å². The average molecular weight is 402 g/mol. The maximum absolute atomic E-state index is 12.5. The van der Waals surface area contributed by atoms with Crippen molar-refractivity contribution in [3.8, 4) is 11.5 Å². The predicted octanol–water partition coefficient (Wildman–Crippen LogP) is 2.89. The number of nitro benzene ring substituents is 1. The van der Waals surface area contributed by atoms with E-state index in [-0.39, 0.29) is 24.1 Å². The number of anilines is 1. The normalized spacial score (nSPS) is 17.7. The third-order valence-electron chi connectivity index (χ3n) is 4.42. The van der Waals surface area contributed by atoms with Crippen molar-refractivity contribution in [1.29, 1.82) is 0 Å². The summed E-state index contributed by atoms with van der Waals surface area (Å²) in [5.41, 5.74) is 1.07. The van der Waals surface area contributed by atoms with E-state index in [4.69, 9.17) is 9.47 Å². The first-order valence-corrected chi connectivity index (χ1v) is 9.24. The molecule has 0 unspecified atom stereocenters. The Bertz CT molecular complexity index is 977. The Morgan fingerprint density at radius 2 is 1.93 bits per heavy atom. The number of rotatable bonds is 4. The minimum absolute atomic E-state index is 0.00855. The van der Waals surface area contributed by atoms with E-state index < -0.39 is 16.3 Å². The van der Waals surface area contributed by atoms with Crippen LogP contribution in [0.15, 0.2) is 36.4 Å². The molecule has 1 atom stereocenters. The quantitative estimate of drug-likeness (QED) is 0.436. The molecule has 2 heterocycles. The van der Waals surface area contributed by atoms with Crippen molar-refractivity contribution in [2.24, 2.45) is 0 Å². The lowest BCUT2D eigenvalue weighted by Gasteiger charge is -2.24. The lowest BCUT2D eigenvalue weighted by atomic mass is 10.1. The first-order valence-electron chi connectivity index (χ1n) is 8.19. The molecule has 0 aromatic heterocycles. The SMILES string of the molecule is COC(=O)c1ccc(N2C(=O)CS[C@H]2c2cc3c(cc2[N+](=O)[O-])OCO3)cc1. The van der Waals surface area contributed by atoms with Crippen molar-refractivity contribution in [3.63, 3.8) is 0 Å². The van der Waals surface area contributed by atoms with Crippen LogP contribution in [-0.2, 0) is 9.53 Å². The summed E-state index contributed by atoms with van der Waals surface area (Å²) in [6, 6.07) is 9.18. The molecule has 1 amide bonds. The van der Waals surface area contributed by atoms with Gasteiger partial charge in [-0.3, -0.25) is 19.8 Å². The van der Waals surface area contributed by atoms with Crippen molar-refractivity contribution in [2.45, 2.75) is 5.37 Å². The van der Waals surface area contributed by atoms with Crippen molar-refractivity contribution in [1.82, 2.24) is 0 Å². The first-order chi connectivity index (χ1) is 13.5. The van der Waals surface area contributed by atoms with Gasteiger partial charge < -0.3 is 14.2 Å². The lowest BCUT2D eigenvalue weighted by molar-refractivity contribution is -0.385. The third-order valence-corrected chi connectivity index (χ3v) is 5.61. The largest absolute Gasteiger partial charge is 0.465 e. The molecule has 2 aromatic carbocycles. The van der Waals surface area contributed by atoms with Crippen LogP contribution in [0, 0.1) is 10.1 Å². The summed E-state index contributed by atoms with van der Waals surface area (Å²) in [5.74, 6) is 0.208. The standard InChI is InChI=1S/C18H14N2O7S/c1-25-18(22)10-2-4-11(5-3-10)19-16(21)8-28-17(19)12-6-14-15(27-9-26-14)7-13(12)20(23)24/h2-7,17H,8-9H2,1H3/t17-/m0/s1. The van der Waals surface area contributed by atoms with E-state index >= 15 is 0 Å². The number of carbonyl (C=O) groups is 2. The minimum Gasteiger partial charge on any atom is -0.465 e. The lowest BCUT2D eigenvalue weighted by Crippen LogP contribution is -2.28. The molecule has 9 nitrogen and oxygen atoms in total. The number of thioether (sulfide) groups is 1. The maximum atomic E-state index is 12.5. The van der Waals surface area contributed by atoms with E-state index in [2.05, 4.69) is 4.74 Å². The molecule has 2 aliphatic rings. The van der Waals surface area contributed by atoms with Gasteiger partial charge in [-0.05, 0) is 30.3 Å². The number of hydrogen-bond donors (Lipinski definition) is 0. The Balaban J connectivity index is 1.75. The zero-order valence-electron chi connectivity index (χ0n) is 14.6. The molecule has 0 bridgehead atoms. The van der Waals surface area contributed by atoms with Crippen molar-refractivity contribution in [3.05, 3.63) is 57.6 Å². The number of methoxy groups -OCH3 is 1. The number of hydrogen-bond acceptors (Lipinski definition) is 8. The number of ether oxygens (including phenoxy) is 3.